The van der Waals surface area contributed by atoms with E-state index in [1.165, 1.54) is 12.8 Å². The molecular formula is C14H22N4O. The number of nitrogens with one attached hydrogen (secondary N) is 1. The summed E-state index contributed by atoms with van der Waals surface area (Å²) in [7, 11) is 3.72. The van der Waals surface area contributed by atoms with Gasteiger partial charge in [0.1, 0.15) is 17.5 Å². The Labute approximate surface area is 114 Å². The molecule has 3 rings (SSSR count). The van der Waals surface area contributed by atoms with Crippen molar-refractivity contribution in [2.75, 3.05) is 37.5 Å². The minimum absolute atomic E-state index is 0.330. The molecule has 1 saturated carbocycles. The van der Waals surface area contributed by atoms with Gasteiger partial charge in [-0.3, -0.25) is 0 Å². The second-order valence-corrected chi connectivity index (χ2v) is 5.50. The van der Waals surface area contributed by atoms with Crippen LogP contribution >= 0.6 is 0 Å². The van der Waals surface area contributed by atoms with Crippen molar-refractivity contribution < 1.29 is 4.74 Å². The first-order valence-corrected chi connectivity index (χ1v) is 7.07. The lowest BCUT2D eigenvalue weighted by molar-refractivity contribution is 0.121. The molecule has 1 aromatic heterocycles. The molecule has 1 aliphatic heterocycles. The Morgan fingerprint density at radius 1 is 1.26 bits per heavy atom. The fourth-order valence-electron chi connectivity index (χ4n) is 2.71. The summed E-state index contributed by atoms with van der Waals surface area (Å²) in [5, 5.41) is 3.20. The third-order valence-electron chi connectivity index (χ3n) is 4.09. The second-order valence-electron chi connectivity index (χ2n) is 5.50. The Morgan fingerprint density at radius 2 is 2.05 bits per heavy atom. The van der Waals surface area contributed by atoms with Crippen molar-refractivity contribution in [2.45, 2.75) is 38.2 Å². The maximum absolute atomic E-state index is 5.45. The number of aromatic nitrogens is 2. The van der Waals surface area contributed by atoms with E-state index in [2.05, 4.69) is 22.1 Å². The summed E-state index contributed by atoms with van der Waals surface area (Å²) in [5.41, 5.74) is 1.14. The first-order chi connectivity index (χ1) is 9.22. The van der Waals surface area contributed by atoms with Gasteiger partial charge in [-0.1, -0.05) is 0 Å². The second kappa shape index (κ2) is 4.96. The molecule has 1 unspecified atom stereocenters. The third kappa shape index (κ3) is 2.39. The summed E-state index contributed by atoms with van der Waals surface area (Å²) in [6.07, 6.45) is 3.86. The molecule has 0 bridgehead atoms. The Bertz CT molecular complexity index is 473. The summed E-state index contributed by atoms with van der Waals surface area (Å²) >= 11 is 0. The zero-order chi connectivity index (χ0) is 13.4. The summed E-state index contributed by atoms with van der Waals surface area (Å²) < 4.78 is 5.45. The van der Waals surface area contributed by atoms with E-state index in [0.717, 1.165) is 42.5 Å². The van der Waals surface area contributed by atoms with Crippen LogP contribution in [-0.2, 0) is 4.74 Å². The zero-order valence-electron chi connectivity index (χ0n) is 11.9. The van der Waals surface area contributed by atoms with Crippen molar-refractivity contribution in [3.05, 3.63) is 11.4 Å². The van der Waals surface area contributed by atoms with Crippen LogP contribution in [0.5, 0.6) is 0 Å². The first kappa shape index (κ1) is 12.7. The highest BCUT2D eigenvalue weighted by Gasteiger charge is 2.30. The number of nitrogens with zero attached hydrogens (tertiary/aromatic N) is 3. The molecule has 104 valence electrons. The van der Waals surface area contributed by atoms with Crippen LogP contribution in [0.3, 0.4) is 0 Å². The van der Waals surface area contributed by atoms with Gasteiger partial charge < -0.3 is 15.0 Å². The molecule has 2 aliphatic rings. The zero-order valence-corrected chi connectivity index (χ0v) is 11.9. The van der Waals surface area contributed by atoms with Crippen molar-refractivity contribution in [3.63, 3.8) is 0 Å². The molecule has 5 nitrogen and oxygen atoms in total. The Kier molecular flexibility index (Phi) is 3.31. The predicted octanol–water partition coefficient (Wildman–Crippen LogP) is 1.93. The van der Waals surface area contributed by atoms with Gasteiger partial charge in [-0.2, -0.15) is 0 Å². The van der Waals surface area contributed by atoms with Gasteiger partial charge in [0.05, 0.1) is 6.10 Å². The van der Waals surface area contributed by atoms with Crippen LogP contribution in [-0.4, -0.2) is 43.3 Å². The Morgan fingerprint density at radius 3 is 2.63 bits per heavy atom. The van der Waals surface area contributed by atoms with Crippen LogP contribution in [0.15, 0.2) is 0 Å². The van der Waals surface area contributed by atoms with Crippen LogP contribution in [0.4, 0.5) is 11.6 Å². The van der Waals surface area contributed by atoms with Crippen molar-refractivity contribution in [3.8, 4) is 0 Å². The van der Waals surface area contributed by atoms with Crippen molar-refractivity contribution in [2.24, 2.45) is 0 Å². The van der Waals surface area contributed by atoms with Gasteiger partial charge in [0, 0.05) is 38.7 Å². The summed E-state index contributed by atoms with van der Waals surface area (Å²) in [4.78, 5) is 11.8. The normalized spacial score (nSPS) is 22.9. The maximum Gasteiger partial charge on any atom is 0.137 e. The van der Waals surface area contributed by atoms with E-state index in [9.17, 15) is 0 Å². The standard InChI is InChI=1S/C14H22N4O/c1-9-12(15-2)16-13(10-4-5-10)17-14(9)18-7-6-11(8-18)19-3/h10-11H,4-8H2,1-3H3,(H,15,16,17). The van der Waals surface area contributed by atoms with Gasteiger partial charge in [-0.05, 0) is 26.2 Å². The van der Waals surface area contributed by atoms with Crippen LogP contribution < -0.4 is 10.2 Å². The molecule has 2 heterocycles. The largest absolute Gasteiger partial charge is 0.380 e. The fourth-order valence-corrected chi connectivity index (χ4v) is 2.71. The quantitative estimate of drug-likeness (QED) is 0.898. The van der Waals surface area contributed by atoms with Crippen LogP contribution in [0.1, 0.15) is 36.6 Å². The summed E-state index contributed by atoms with van der Waals surface area (Å²) in [6, 6.07) is 0. The Hall–Kier alpha value is -1.36. The minimum atomic E-state index is 0.330. The molecule has 1 aliphatic carbocycles. The van der Waals surface area contributed by atoms with Gasteiger partial charge in [0.15, 0.2) is 0 Å². The first-order valence-electron chi connectivity index (χ1n) is 7.07. The average Bonchev–Trinajstić information content (AvgIpc) is 3.17. The number of rotatable bonds is 4. The maximum atomic E-state index is 5.45. The third-order valence-corrected chi connectivity index (χ3v) is 4.09. The smallest absolute Gasteiger partial charge is 0.137 e. The molecular weight excluding hydrogens is 240 g/mol. The van der Waals surface area contributed by atoms with E-state index in [-0.39, 0.29) is 0 Å². The number of hydrogen-bond acceptors (Lipinski definition) is 5. The number of methoxy groups -OCH3 is 1. The van der Waals surface area contributed by atoms with E-state index in [4.69, 9.17) is 9.72 Å². The van der Waals surface area contributed by atoms with Gasteiger partial charge in [-0.15, -0.1) is 0 Å². The predicted molar refractivity (Wildman–Crippen MR) is 75.9 cm³/mol. The van der Waals surface area contributed by atoms with Crippen LogP contribution in [0, 0.1) is 6.92 Å². The molecule has 0 amide bonds. The molecule has 1 N–H and O–H groups in total. The lowest BCUT2D eigenvalue weighted by atomic mass is 10.2. The van der Waals surface area contributed by atoms with E-state index in [1.807, 2.05) is 7.05 Å². The van der Waals surface area contributed by atoms with E-state index in [0.29, 0.717) is 12.0 Å². The highest BCUT2D eigenvalue weighted by atomic mass is 16.5. The topological polar surface area (TPSA) is 50.3 Å². The minimum Gasteiger partial charge on any atom is -0.380 e. The molecule has 0 radical (unpaired) electrons. The molecule has 1 aromatic rings. The van der Waals surface area contributed by atoms with Crippen molar-refractivity contribution in [1.82, 2.24) is 9.97 Å². The van der Waals surface area contributed by atoms with E-state index in [1.54, 1.807) is 7.11 Å². The van der Waals surface area contributed by atoms with Crippen LogP contribution in [0.2, 0.25) is 0 Å². The van der Waals surface area contributed by atoms with Gasteiger partial charge >= 0.3 is 0 Å². The molecule has 2 fully saturated rings. The van der Waals surface area contributed by atoms with Gasteiger partial charge in [0.2, 0.25) is 0 Å². The van der Waals surface area contributed by atoms with E-state index >= 15 is 0 Å². The van der Waals surface area contributed by atoms with Crippen LogP contribution in [0.25, 0.3) is 0 Å². The Balaban J connectivity index is 1.92. The van der Waals surface area contributed by atoms with E-state index < -0.39 is 0 Å². The molecule has 1 atom stereocenters. The molecule has 5 heteroatoms. The molecule has 1 saturated heterocycles. The molecule has 0 spiro atoms. The van der Waals surface area contributed by atoms with Crippen molar-refractivity contribution >= 4 is 11.6 Å². The summed E-state index contributed by atoms with van der Waals surface area (Å²) in [5.74, 6) is 3.63. The van der Waals surface area contributed by atoms with Gasteiger partial charge in [0.25, 0.3) is 0 Å². The lowest BCUT2D eigenvalue weighted by Crippen LogP contribution is -2.25. The lowest BCUT2D eigenvalue weighted by Gasteiger charge is -2.21. The fraction of sp³-hybridized carbons (Fsp3) is 0.714. The number of ether oxygens (including phenoxy) is 1. The highest BCUT2D eigenvalue weighted by molar-refractivity contribution is 5.59. The SMILES string of the molecule is CNc1nc(C2CC2)nc(N2CCC(OC)C2)c1C. The van der Waals surface area contributed by atoms with Gasteiger partial charge in [-0.25, -0.2) is 9.97 Å². The van der Waals surface area contributed by atoms with Crippen molar-refractivity contribution in [1.29, 1.82) is 0 Å². The summed E-state index contributed by atoms with van der Waals surface area (Å²) in [6.45, 7) is 4.04. The highest BCUT2D eigenvalue weighted by Crippen LogP contribution is 2.40. The molecule has 19 heavy (non-hydrogen) atoms. The number of hydrogen-bond donors (Lipinski definition) is 1. The average molecular weight is 262 g/mol. The molecule has 0 aromatic carbocycles. The monoisotopic (exact) mass is 262 g/mol. The number of anilines is 2.